The number of hydrogen-bond donors (Lipinski definition) is 1. The number of ether oxygens (including phenoxy) is 1. The second-order valence-electron chi connectivity index (χ2n) is 6.01. The molecular weight excluding hydrogens is 234 g/mol. The number of nitrogens with one attached hydrogen (secondary N) is 1. The molecule has 1 aromatic rings. The van der Waals surface area contributed by atoms with Crippen LogP contribution in [0.25, 0.3) is 0 Å². The summed E-state index contributed by atoms with van der Waals surface area (Å²) in [7, 11) is 1.80. The molecule has 3 rings (SSSR count). The van der Waals surface area contributed by atoms with Gasteiger partial charge in [0, 0.05) is 0 Å². The first-order valence-corrected chi connectivity index (χ1v) is 7.77. The topological polar surface area (TPSA) is 21.3 Å². The molecule has 1 aliphatic heterocycles. The zero-order chi connectivity index (χ0) is 13.1. The van der Waals surface area contributed by atoms with Crippen molar-refractivity contribution < 1.29 is 4.74 Å². The molecule has 1 aromatic carbocycles. The summed E-state index contributed by atoms with van der Waals surface area (Å²) < 4.78 is 5.59. The lowest BCUT2D eigenvalue weighted by molar-refractivity contribution is 0.404. The second-order valence-corrected chi connectivity index (χ2v) is 6.01. The molecule has 0 amide bonds. The summed E-state index contributed by atoms with van der Waals surface area (Å²) in [5.41, 5.74) is 3.00. The predicted molar refractivity (Wildman–Crippen MR) is 79.0 cm³/mol. The van der Waals surface area contributed by atoms with Crippen LogP contribution < -0.4 is 10.1 Å². The van der Waals surface area contributed by atoms with E-state index in [4.69, 9.17) is 4.74 Å². The predicted octanol–water partition coefficient (Wildman–Crippen LogP) is 3.82. The van der Waals surface area contributed by atoms with Gasteiger partial charge in [0.25, 0.3) is 0 Å². The third kappa shape index (κ3) is 2.79. The lowest BCUT2D eigenvalue weighted by Gasteiger charge is -2.25. The van der Waals surface area contributed by atoms with Crippen molar-refractivity contribution in [3.8, 4) is 5.75 Å². The summed E-state index contributed by atoms with van der Waals surface area (Å²) in [5.74, 6) is 2.58. The number of methoxy groups -OCH3 is 1. The number of hydrogen-bond acceptors (Lipinski definition) is 2. The lowest BCUT2D eigenvalue weighted by Crippen LogP contribution is -2.26. The first kappa shape index (κ1) is 13.0. The Balaban J connectivity index is 1.87. The fourth-order valence-corrected chi connectivity index (χ4v) is 3.72. The molecule has 0 bridgehead atoms. The normalized spacial score (nSPS) is 21.7. The maximum atomic E-state index is 5.59. The second kappa shape index (κ2) is 5.96. The molecule has 0 aromatic heterocycles. The lowest BCUT2D eigenvalue weighted by atomic mass is 9.86. The highest BCUT2D eigenvalue weighted by atomic mass is 16.5. The monoisotopic (exact) mass is 259 g/mol. The van der Waals surface area contributed by atoms with E-state index in [1.807, 2.05) is 0 Å². The van der Waals surface area contributed by atoms with E-state index in [1.165, 1.54) is 49.7 Å². The number of benzene rings is 1. The summed E-state index contributed by atoms with van der Waals surface area (Å²) in [4.78, 5) is 0. The van der Waals surface area contributed by atoms with E-state index in [2.05, 4.69) is 23.5 Å². The molecule has 2 fully saturated rings. The van der Waals surface area contributed by atoms with Gasteiger partial charge in [0.15, 0.2) is 0 Å². The Morgan fingerprint density at radius 1 is 1.00 bits per heavy atom. The minimum absolute atomic E-state index is 0.733. The molecule has 1 aliphatic carbocycles. The smallest absolute Gasteiger partial charge is 0.122 e. The summed E-state index contributed by atoms with van der Waals surface area (Å²) in [6, 6.07) is 6.93. The molecule has 0 spiro atoms. The molecule has 19 heavy (non-hydrogen) atoms. The molecule has 104 valence electrons. The van der Waals surface area contributed by atoms with Crippen molar-refractivity contribution in [2.75, 3.05) is 20.2 Å². The van der Waals surface area contributed by atoms with Crippen molar-refractivity contribution in [2.24, 2.45) is 0 Å². The number of rotatable bonds is 3. The van der Waals surface area contributed by atoms with E-state index in [0.717, 1.165) is 30.7 Å². The SMILES string of the molecule is COc1ccc(C2CCNCC2)cc1C1CCCC1. The van der Waals surface area contributed by atoms with Crippen molar-refractivity contribution >= 4 is 0 Å². The standard InChI is InChI=1S/C17H25NO/c1-19-17-7-6-15(13-8-10-18-11-9-13)12-16(17)14-4-2-3-5-14/h6-7,12-14,18H,2-5,8-11H2,1H3. The van der Waals surface area contributed by atoms with Crippen LogP contribution in [0.2, 0.25) is 0 Å². The van der Waals surface area contributed by atoms with Gasteiger partial charge in [0.1, 0.15) is 5.75 Å². The van der Waals surface area contributed by atoms with Crippen LogP contribution in [0.4, 0.5) is 0 Å². The van der Waals surface area contributed by atoms with E-state index >= 15 is 0 Å². The molecular formula is C17H25NO. The van der Waals surface area contributed by atoms with E-state index in [9.17, 15) is 0 Å². The Labute approximate surface area is 116 Å². The Morgan fingerprint density at radius 3 is 2.42 bits per heavy atom. The van der Waals surface area contributed by atoms with Crippen LogP contribution in [0.15, 0.2) is 18.2 Å². The average molecular weight is 259 g/mol. The fourth-order valence-electron chi connectivity index (χ4n) is 3.72. The van der Waals surface area contributed by atoms with Crippen LogP contribution in [0, 0.1) is 0 Å². The van der Waals surface area contributed by atoms with Crippen LogP contribution in [-0.2, 0) is 0 Å². The van der Waals surface area contributed by atoms with Crippen LogP contribution in [-0.4, -0.2) is 20.2 Å². The molecule has 2 heteroatoms. The summed E-state index contributed by atoms with van der Waals surface area (Å²) in [5, 5.41) is 3.45. The average Bonchev–Trinajstić information content (AvgIpc) is 3.01. The van der Waals surface area contributed by atoms with Gasteiger partial charge in [-0.2, -0.15) is 0 Å². The van der Waals surface area contributed by atoms with Gasteiger partial charge in [-0.3, -0.25) is 0 Å². The first-order chi connectivity index (χ1) is 9.38. The largest absolute Gasteiger partial charge is 0.496 e. The summed E-state index contributed by atoms with van der Waals surface area (Å²) >= 11 is 0. The van der Waals surface area contributed by atoms with Gasteiger partial charge >= 0.3 is 0 Å². The van der Waals surface area contributed by atoms with E-state index < -0.39 is 0 Å². The van der Waals surface area contributed by atoms with Crippen molar-refractivity contribution in [1.82, 2.24) is 5.32 Å². The molecule has 2 nitrogen and oxygen atoms in total. The molecule has 2 aliphatic rings. The fraction of sp³-hybridized carbons (Fsp3) is 0.647. The van der Waals surface area contributed by atoms with Crippen molar-refractivity contribution in [2.45, 2.75) is 50.4 Å². The Morgan fingerprint density at radius 2 is 1.74 bits per heavy atom. The molecule has 0 unspecified atom stereocenters. The van der Waals surface area contributed by atoms with Crippen LogP contribution >= 0.6 is 0 Å². The summed E-state index contributed by atoms with van der Waals surface area (Å²) in [6.07, 6.45) is 7.99. The minimum atomic E-state index is 0.733. The zero-order valence-corrected chi connectivity index (χ0v) is 12.0. The van der Waals surface area contributed by atoms with Gasteiger partial charge in [-0.25, -0.2) is 0 Å². The van der Waals surface area contributed by atoms with Crippen LogP contribution in [0.3, 0.4) is 0 Å². The van der Waals surface area contributed by atoms with Gasteiger partial charge < -0.3 is 10.1 Å². The highest BCUT2D eigenvalue weighted by molar-refractivity contribution is 5.41. The van der Waals surface area contributed by atoms with Crippen molar-refractivity contribution in [3.63, 3.8) is 0 Å². The molecule has 1 N–H and O–H groups in total. The van der Waals surface area contributed by atoms with Crippen molar-refractivity contribution in [3.05, 3.63) is 29.3 Å². The highest BCUT2D eigenvalue weighted by Crippen LogP contribution is 2.40. The first-order valence-electron chi connectivity index (χ1n) is 7.77. The van der Waals surface area contributed by atoms with Crippen LogP contribution in [0.1, 0.15) is 61.5 Å². The van der Waals surface area contributed by atoms with E-state index in [-0.39, 0.29) is 0 Å². The molecule has 1 saturated heterocycles. The third-order valence-electron chi connectivity index (χ3n) is 4.86. The van der Waals surface area contributed by atoms with E-state index in [0.29, 0.717) is 0 Å². The van der Waals surface area contributed by atoms with E-state index in [1.54, 1.807) is 7.11 Å². The minimum Gasteiger partial charge on any atom is -0.496 e. The molecule has 0 atom stereocenters. The van der Waals surface area contributed by atoms with Gasteiger partial charge in [0.05, 0.1) is 7.11 Å². The highest BCUT2D eigenvalue weighted by Gasteiger charge is 2.23. The maximum Gasteiger partial charge on any atom is 0.122 e. The van der Waals surface area contributed by atoms with Crippen LogP contribution in [0.5, 0.6) is 5.75 Å². The maximum absolute atomic E-state index is 5.59. The molecule has 1 saturated carbocycles. The van der Waals surface area contributed by atoms with Gasteiger partial charge in [-0.05, 0) is 67.8 Å². The Hall–Kier alpha value is -1.02. The molecule has 1 heterocycles. The van der Waals surface area contributed by atoms with Gasteiger partial charge in [-0.1, -0.05) is 25.0 Å². The third-order valence-corrected chi connectivity index (χ3v) is 4.86. The van der Waals surface area contributed by atoms with Crippen molar-refractivity contribution in [1.29, 1.82) is 0 Å². The quantitative estimate of drug-likeness (QED) is 0.891. The van der Waals surface area contributed by atoms with Gasteiger partial charge in [-0.15, -0.1) is 0 Å². The Kier molecular flexibility index (Phi) is 4.07. The zero-order valence-electron chi connectivity index (χ0n) is 12.0. The Bertz CT molecular complexity index is 417. The summed E-state index contributed by atoms with van der Waals surface area (Å²) in [6.45, 7) is 2.32. The van der Waals surface area contributed by atoms with Gasteiger partial charge in [0.2, 0.25) is 0 Å². The molecule has 0 radical (unpaired) electrons. The number of piperidine rings is 1.